The maximum Gasteiger partial charge on any atom is 0.434 e. The highest BCUT2D eigenvalue weighted by Crippen LogP contribution is 2.39. The van der Waals surface area contributed by atoms with Crippen molar-refractivity contribution in [3.05, 3.63) is 33.8 Å². The number of nitrogens with zero attached hydrogens (tertiary/aromatic N) is 2. The molecule has 0 atom stereocenters. The molecule has 0 unspecified atom stereocenters. The number of thiazole rings is 1. The van der Waals surface area contributed by atoms with Gasteiger partial charge >= 0.3 is 6.18 Å². The average molecular weight is 432 g/mol. The smallest absolute Gasteiger partial charge is 0.434 e. The summed E-state index contributed by atoms with van der Waals surface area (Å²) in [6.45, 7) is 0.650. The molecule has 1 aromatic heterocycles. The lowest BCUT2D eigenvalue weighted by Crippen LogP contribution is -2.37. The largest absolute Gasteiger partial charge is 0.493 e. The van der Waals surface area contributed by atoms with E-state index >= 15 is 0 Å². The zero-order valence-electron chi connectivity index (χ0n) is 16.5. The highest BCUT2D eigenvalue weighted by molar-refractivity contribution is 7.09. The van der Waals surface area contributed by atoms with E-state index in [0.29, 0.717) is 41.2 Å². The van der Waals surface area contributed by atoms with E-state index in [1.807, 2.05) is 6.07 Å². The van der Waals surface area contributed by atoms with Gasteiger partial charge in [0.1, 0.15) is 5.01 Å². The number of ether oxygens (including phenoxy) is 3. The van der Waals surface area contributed by atoms with Gasteiger partial charge in [0.2, 0.25) is 5.75 Å². The zero-order chi connectivity index (χ0) is 21.4. The summed E-state index contributed by atoms with van der Waals surface area (Å²) in [5.74, 6) is 2.12. The first-order valence-corrected chi connectivity index (χ1v) is 9.46. The third-order valence-corrected chi connectivity index (χ3v) is 4.79. The summed E-state index contributed by atoms with van der Waals surface area (Å²) in [6.07, 6.45) is -3.84. The SMILES string of the molecule is CN=C(NCCc1ccc(OC)c(OC)c1OC)NCc1nc(C(F)(F)F)cs1. The fourth-order valence-corrected chi connectivity index (χ4v) is 3.32. The molecule has 0 bridgehead atoms. The Balaban J connectivity index is 1.93. The zero-order valence-corrected chi connectivity index (χ0v) is 17.3. The molecule has 0 saturated heterocycles. The van der Waals surface area contributed by atoms with Crippen LogP contribution < -0.4 is 24.8 Å². The van der Waals surface area contributed by atoms with Gasteiger partial charge in [-0.15, -0.1) is 11.3 Å². The summed E-state index contributed by atoms with van der Waals surface area (Å²) in [5.41, 5.74) is 0.0191. The summed E-state index contributed by atoms with van der Waals surface area (Å²) in [6, 6.07) is 3.68. The molecule has 160 valence electrons. The predicted molar refractivity (Wildman–Crippen MR) is 105 cm³/mol. The number of benzene rings is 1. The minimum Gasteiger partial charge on any atom is -0.493 e. The summed E-state index contributed by atoms with van der Waals surface area (Å²) in [5, 5.41) is 7.38. The number of aliphatic imine (C=N–C) groups is 1. The molecule has 2 N–H and O–H groups in total. The van der Waals surface area contributed by atoms with Gasteiger partial charge in [-0.25, -0.2) is 4.98 Å². The van der Waals surface area contributed by atoms with E-state index in [-0.39, 0.29) is 6.54 Å². The molecule has 7 nitrogen and oxygen atoms in total. The Hall–Kier alpha value is -2.69. The molecular formula is C18H23F3N4O3S. The summed E-state index contributed by atoms with van der Waals surface area (Å²) >= 11 is 0.943. The van der Waals surface area contributed by atoms with E-state index in [2.05, 4.69) is 20.6 Å². The van der Waals surface area contributed by atoms with Gasteiger partial charge in [0.15, 0.2) is 23.2 Å². The summed E-state index contributed by atoms with van der Waals surface area (Å²) in [7, 11) is 6.22. The second-order valence-corrected chi connectivity index (χ2v) is 6.66. The van der Waals surface area contributed by atoms with E-state index < -0.39 is 11.9 Å². The lowest BCUT2D eigenvalue weighted by molar-refractivity contribution is -0.140. The molecule has 29 heavy (non-hydrogen) atoms. The number of alkyl halides is 3. The molecule has 1 aromatic carbocycles. The first-order chi connectivity index (χ1) is 13.8. The monoisotopic (exact) mass is 432 g/mol. The number of aromatic nitrogens is 1. The van der Waals surface area contributed by atoms with Crippen molar-refractivity contribution in [1.82, 2.24) is 15.6 Å². The highest BCUT2D eigenvalue weighted by Gasteiger charge is 2.33. The Morgan fingerprint density at radius 3 is 2.38 bits per heavy atom. The van der Waals surface area contributed by atoms with Crippen molar-refractivity contribution in [3.63, 3.8) is 0 Å². The van der Waals surface area contributed by atoms with Crippen molar-refractivity contribution in [2.45, 2.75) is 19.1 Å². The molecule has 0 spiro atoms. The number of nitrogens with one attached hydrogen (secondary N) is 2. The Morgan fingerprint density at radius 2 is 1.83 bits per heavy atom. The van der Waals surface area contributed by atoms with Crippen molar-refractivity contribution in [2.24, 2.45) is 4.99 Å². The molecule has 11 heteroatoms. The molecule has 0 aliphatic rings. The van der Waals surface area contributed by atoms with Gasteiger partial charge < -0.3 is 24.8 Å². The molecule has 2 rings (SSSR count). The van der Waals surface area contributed by atoms with E-state index in [0.717, 1.165) is 22.3 Å². The topological polar surface area (TPSA) is 77.0 Å². The Labute approximate surface area is 170 Å². The van der Waals surface area contributed by atoms with Gasteiger partial charge in [-0.1, -0.05) is 6.07 Å². The van der Waals surface area contributed by atoms with Crippen LogP contribution >= 0.6 is 11.3 Å². The fraction of sp³-hybridized carbons (Fsp3) is 0.444. The van der Waals surface area contributed by atoms with Crippen LogP contribution in [0.1, 0.15) is 16.3 Å². The molecule has 0 amide bonds. The second-order valence-electron chi connectivity index (χ2n) is 5.72. The summed E-state index contributed by atoms with van der Waals surface area (Å²) in [4.78, 5) is 7.65. The molecule has 2 aromatic rings. The number of hydrogen-bond acceptors (Lipinski definition) is 6. The van der Waals surface area contributed by atoms with E-state index in [4.69, 9.17) is 14.2 Å². The minimum absolute atomic E-state index is 0.139. The van der Waals surface area contributed by atoms with Crippen LogP contribution in [0.25, 0.3) is 0 Å². The molecule has 0 aliphatic heterocycles. The maximum atomic E-state index is 12.6. The maximum absolute atomic E-state index is 12.6. The Morgan fingerprint density at radius 1 is 1.10 bits per heavy atom. The van der Waals surface area contributed by atoms with Crippen molar-refractivity contribution in [3.8, 4) is 17.2 Å². The van der Waals surface area contributed by atoms with E-state index in [1.54, 1.807) is 27.3 Å². The van der Waals surface area contributed by atoms with Crippen LogP contribution in [0.3, 0.4) is 0 Å². The van der Waals surface area contributed by atoms with E-state index in [9.17, 15) is 13.2 Å². The van der Waals surface area contributed by atoms with Crippen molar-refractivity contribution < 1.29 is 27.4 Å². The van der Waals surface area contributed by atoms with Crippen molar-refractivity contribution >= 4 is 17.3 Å². The Kier molecular flexibility index (Phi) is 7.94. The lowest BCUT2D eigenvalue weighted by Gasteiger charge is -2.16. The van der Waals surface area contributed by atoms with Crippen LogP contribution in [0.15, 0.2) is 22.5 Å². The van der Waals surface area contributed by atoms with Gasteiger partial charge in [0.25, 0.3) is 0 Å². The lowest BCUT2D eigenvalue weighted by atomic mass is 10.1. The van der Waals surface area contributed by atoms with Gasteiger partial charge in [-0.2, -0.15) is 13.2 Å². The van der Waals surface area contributed by atoms with Crippen LogP contribution in [-0.4, -0.2) is 45.9 Å². The first kappa shape index (κ1) is 22.6. The van der Waals surface area contributed by atoms with Gasteiger partial charge in [0.05, 0.1) is 27.9 Å². The molecule has 0 saturated carbocycles. The fourth-order valence-electron chi connectivity index (χ4n) is 2.58. The summed E-state index contributed by atoms with van der Waals surface area (Å²) < 4.78 is 53.9. The third kappa shape index (κ3) is 5.89. The second kappa shape index (κ2) is 10.2. The van der Waals surface area contributed by atoms with E-state index in [1.165, 1.54) is 7.11 Å². The number of methoxy groups -OCH3 is 3. The molecule has 1 heterocycles. The molecular weight excluding hydrogens is 409 g/mol. The average Bonchev–Trinajstić information content (AvgIpc) is 3.19. The predicted octanol–water partition coefficient (Wildman–Crippen LogP) is 3.10. The molecule has 0 aliphatic carbocycles. The van der Waals surface area contributed by atoms with Gasteiger partial charge in [-0.05, 0) is 12.5 Å². The third-order valence-electron chi connectivity index (χ3n) is 3.95. The first-order valence-electron chi connectivity index (χ1n) is 8.58. The van der Waals surface area contributed by atoms with Gasteiger partial charge in [0, 0.05) is 24.5 Å². The van der Waals surface area contributed by atoms with Crippen molar-refractivity contribution in [1.29, 1.82) is 0 Å². The minimum atomic E-state index is -4.44. The highest BCUT2D eigenvalue weighted by atomic mass is 32.1. The normalized spacial score (nSPS) is 11.9. The van der Waals surface area contributed by atoms with Crippen LogP contribution in [0.5, 0.6) is 17.2 Å². The molecule has 0 fully saturated rings. The van der Waals surface area contributed by atoms with Gasteiger partial charge in [-0.3, -0.25) is 4.99 Å². The number of halogens is 3. The molecule has 0 radical (unpaired) electrons. The number of hydrogen-bond donors (Lipinski definition) is 2. The standard InChI is InChI=1S/C18H23F3N4O3S/c1-22-17(24-9-14-25-13(10-29-14)18(19,20)21)23-8-7-11-5-6-12(26-2)16(28-4)15(11)27-3/h5-6,10H,7-9H2,1-4H3,(H2,22,23,24). The Bertz CT molecular complexity index is 840. The number of guanidine groups is 1. The van der Waals surface area contributed by atoms with Crippen LogP contribution in [0.2, 0.25) is 0 Å². The van der Waals surface area contributed by atoms with Crippen LogP contribution in [-0.2, 0) is 19.1 Å². The quantitative estimate of drug-likeness (QED) is 0.493. The van der Waals surface area contributed by atoms with Crippen molar-refractivity contribution in [2.75, 3.05) is 34.9 Å². The van der Waals surface area contributed by atoms with Crippen LogP contribution in [0, 0.1) is 0 Å². The number of rotatable bonds is 8. The van der Waals surface area contributed by atoms with Crippen LogP contribution in [0.4, 0.5) is 13.2 Å².